The highest BCUT2D eigenvalue weighted by molar-refractivity contribution is 6.35. The van der Waals surface area contributed by atoms with Gasteiger partial charge in [-0.15, -0.1) is 0 Å². The molecule has 2 heterocycles. The summed E-state index contributed by atoms with van der Waals surface area (Å²) in [4.78, 5) is 13.6. The molecular weight excluding hydrogens is 528 g/mol. The highest BCUT2D eigenvalue weighted by Gasteiger charge is 2.35. The van der Waals surface area contributed by atoms with Gasteiger partial charge in [0.1, 0.15) is 5.82 Å². The van der Waals surface area contributed by atoms with Crippen molar-refractivity contribution in [3.8, 4) is 5.69 Å². The lowest BCUT2D eigenvalue weighted by molar-refractivity contribution is 0.0846. The third-order valence-corrected chi connectivity index (χ3v) is 7.38. The Balaban J connectivity index is 1.46. The molecule has 1 aliphatic heterocycles. The Kier molecular flexibility index (Phi) is 6.53. The first-order valence-electron chi connectivity index (χ1n) is 12.1. The van der Waals surface area contributed by atoms with Crippen molar-refractivity contribution in [2.24, 2.45) is 0 Å². The number of nitrogens with zero attached hydrogens (tertiary/aromatic N) is 2. The zero-order chi connectivity index (χ0) is 26.4. The highest BCUT2D eigenvalue weighted by Crippen LogP contribution is 2.36. The molecule has 6 nitrogen and oxygen atoms in total. The molecule has 0 bridgehead atoms. The van der Waals surface area contributed by atoms with E-state index in [-0.39, 0.29) is 24.7 Å². The molecule has 6 rings (SSSR count). The second-order valence-corrected chi connectivity index (χ2v) is 10.2. The van der Waals surface area contributed by atoms with Gasteiger partial charge in [0.05, 0.1) is 41.8 Å². The lowest BCUT2D eigenvalue weighted by Crippen LogP contribution is -2.34. The average molecular weight is 550 g/mol. The van der Waals surface area contributed by atoms with Gasteiger partial charge >= 0.3 is 0 Å². The molecule has 2 aliphatic rings. The van der Waals surface area contributed by atoms with Crippen LogP contribution < -0.4 is 5.32 Å². The molecule has 3 aromatic carbocycles. The molecule has 1 aromatic heterocycles. The van der Waals surface area contributed by atoms with Gasteiger partial charge in [0.2, 0.25) is 0 Å². The van der Waals surface area contributed by atoms with Crippen LogP contribution in [0.2, 0.25) is 10.0 Å². The Morgan fingerprint density at radius 3 is 2.68 bits per heavy atom. The van der Waals surface area contributed by atoms with Crippen LogP contribution in [-0.4, -0.2) is 33.5 Å². The number of ether oxygens (including phenoxy) is 1. The van der Waals surface area contributed by atoms with E-state index in [2.05, 4.69) is 5.32 Å². The number of nitrogens with one attached hydrogen (secondary N) is 1. The van der Waals surface area contributed by atoms with Gasteiger partial charge in [0.15, 0.2) is 5.69 Å². The summed E-state index contributed by atoms with van der Waals surface area (Å²) in [5.74, 6) is -0.766. The number of aromatic nitrogens is 2. The number of hydrogen-bond donors (Lipinski definition) is 2. The average Bonchev–Trinajstić information content (AvgIpc) is 3.44. The van der Waals surface area contributed by atoms with Crippen LogP contribution in [-0.2, 0) is 17.8 Å². The number of carbonyl (C=O) groups is 1. The molecule has 1 amide bonds. The maximum Gasteiger partial charge on any atom is 0.272 e. The van der Waals surface area contributed by atoms with Crippen LogP contribution in [0, 0.1) is 5.82 Å². The minimum atomic E-state index is -0.745. The van der Waals surface area contributed by atoms with Crippen LogP contribution in [0.3, 0.4) is 0 Å². The number of aliphatic hydroxyl groups excluding tert-OH is 1. The van der Waals surface area contributed by atoms with Gasteiger partial charge in [-0.2, -0.15) is 5.10 Å². The van der Waals surface area contributed by atoms with Crippen molar-refractivity contribution in [3.63, 3.8) is 0 Å². The predicted octanol–water partition coefficient (Wildman–Crippen LogP) is 5.78. The summed E-state index contributed by atoms with van der Waals surface area (Å²) >= 11 is 12.7. The normalized spacial score (nSPS) is 19.3. The van der Waals surface area contributed by atoms with E-state index in [0.717, 1.165) is 22.3 Å². The fourth-order valence-corrected chi connectivity index (χ4v) is 5.57. The van der Waals surface area contributed by atoms with Crippen molar-refractivity contribution < 1.29 is 19.0 Å². The van der Waals surface area contributed by atoms with E-state index in [9.17, 15) is 14.3 Å². The van der Waals surface area contributed by atoms with E-state index in [1.165, 1.54) is 12.1 Å². The summed E-state index contributed by atoms with van der Waals surface area (Å²) < 4.78 is 21.0. The van der Waals surface area contributed by atoms with Crippen molar-refractivity contribution in [3.05, 3.63) is 116 Å². The number of benzene rings is 3. The Morgan fingerprint density at radius 1 is 1.11 bits per heavy atom. The minimum Gasteiger partial charge on any atom is -0.390 e. The standard InChI is InChI=1S/C29H22Cl2FN3O3/c30-19-7-10-24(23(31)13-19)35-28-18(11-16-5-8-20(32)9-6-16)14-38-15-22(28)27(34-35)29(37)33-26-21-4-2-1-3-17(21)12-25(26)36/h1-11,13,25-26,36H,12,14-15H2,(H,33,37)/t25-,26+/m1/s1. The highest BCUT2D eigenvalue weighted by atomic mass is 35.5. The van der Waals surface area contributed by atoms with Gasteiger partial charge < -0.3 is 15.2 Å². The van der Waals surface area contributed by atoms with E-state index in [0.29, 0.717) is 33.4 Å². The quantitative estimate of drug-likeness (QED) is 0.338. The molecule has 38 heavy (non-hydrogen) atoms. The SMILES string of the molecule is O=C(N[C@H]1c2ccccc2C[C@H]1O)c1nn(-c2ccc(Cl)cc2Cl)c2c1COCC2=Cc1ccc(F)cc1. The lowest BCUT2D eigenvalue weighted by atomic mass is 10.0. The largest absolute Gasteiger partial charge is 0.390 e. The van der Waals surface area contributed by atoms with Gasteiger partial charge in [0, 0.05) is 22.6 Å². The van der Waals surface area contributed by atoms with Gasteiger partial charge in [-0.3, -0.25) is 4.79 Å². The first-order chi connectivity index (χ1) is 18.4. The molecule has 192 valence electrons. The molecule has 0 saturated carbocycles. The van der Waals surface area contributed by atoms with Crippen molar-refractivity contribution in [1.82, 2.24) is 15.1 Å². The molecule has 1 aliphatic carbocycles. The van der Waals surface area contributed by atoms with E-state index in [4.69, 9.17) is 33.0 Å². The molecule has 2 N–H and O–H groups in total. The van der Waals surface area contributed by atoms with Crippen LogP contribution in [0.4, 0.5) is 4.39 Å². The number of amides is 1. The zero-order valence-corrected chi connectivity index (χ0v) is 21.5. The number of rotatable bonds is 4. The van der Waals surface area contributed by atoms with Gasteiger partial charge in [-0.1, -0.05) is 59.6 Å². The van der Waals surface area contributed by atoms with Crippen LogP contribution in [0.5, 0.6) is 0 Å². The number of hydrogen-bond acceptors (Lipinski definition) is 4. The molecular formula is C29H22Cl2FN3O3. The maximum absolute atomic E-state index is 13.6. The smallest absolute Gasteiger partial charge is 0.272 e. The van der Waals surface area contributed by atoms with Crippen molar-refractivity contribution in [2.45, 2.75) is 25.2 Å². The molecule has 0 radical (unpaired) electrons. The Labute approximate surface area is 228 Å². The summed E-state index contributed by atoms with van der Waals surface area (Å²) in [5.41, 5.74) is 5.38. The molecule has 0 fully saturated rings. The number of aliphatic hydroxyl groups is 1. The number of fused-ring (bicyclic) bond motifs is 2. The number of halogens is 3. The van der Waals surface area contributed by atoms with Crippen LogP contribution in [0.1, 0.15) is 44.5 Å². The first-order valence-corrected chi connectivity index (χ1v) is 12.8. The van der Waals surface area contributed by atoms with E-state index in [1.54, 1.807) is 35.0 Å². The predicted molar refractivity (Wildman–Crippen MR) is 144 cm³/mol. The fourth-order valence-electron chi connectivity index (χ4n) is 5.09. The van der Waals surface area contributed by atoms with Crippen molar-refractivity contribution >= 4 is 40.8 Å². The summed E-state index contributed by atoms with van der Waals surface area (Å²) in [5, 5.41) is 19.2. The first kappa shape index (κ1) is 24.8. The molecule has 0 spiro atoms. The van der Waals surface area contributed by atoms with Crippen molar-refractivity contribution in [1.29, 1.82) is 0 Å². The lowest BCUT2D eigenvalue weighted by Gasteiger charge is -2.20. The van der Waals surface area contributed by atoms with E-state index in [1.807, 2.05) is 30.3 Å². The number of carbonyl (C=O) groups excluding carboxylic acids is 1. The van der Waals surface area contributed by atoms with Crippen LogP contribution >= 0.6 is 23.2 Å². The molecule has 4 aromatic rings. The Morgan fingerprint density at radius 2 is 1.89 bits per heavy atom. The third-order valence-electron chi connectivity index (χ3n) is 6.85. The van der Waals surface area contributed by atoms with Gasteiger partial charge in [-0.05, 0) is 53.1 Å². The summed E-state index contributed by atoms with van der Waals surface area (Å²) in [7, 11) is 0. The Hall–Kier alpha value is -3.49. The second kappa shape index (κ2) is 10.0. The van der Waals surface area contributed by atoms with Gasteiger partial charge in [-0.25, -0.2) is 9.07 Å². The van der Waals surface area contributed by atoms with E-state index < -0.39 is 18.1 Å². The van der Waals surface area contributed by atoms with Gasteiger partial charge in [0.25, 0.3) is 5.91 Å². The van der Waals surface area contributed by atoms with Crippen molar-refractivity contribution in [2.75, 3.05) is 6.61 Å². The summed E-state index contributed by atoms with van der Waals surface area (Å²) in [6.45, 7) is 0.422. The van der Waals surface area contributed by atoms with E-state index >= 15 is 0 Å². The minimum absolute atomic E-state index is 0.161. The van der Waals surface area contributed by atoms with Crippen LogP contribution in [0.25, 0.3) is 17.3 Å². The summed E-state index contributed by atoms with van der Waals surface area (Å²) in [6.07, 6.45) is 1.59. The summed E-state index contributed by atoms with van der Waals surface area (Å²) in [6, 6.07) is 18.2. The molecule has 9 heteroatoms. The van der Waals surface area contributed by atoms with Crippen LogP contribution in [0.15, 0.2) is 66.7 Å². The zero-order valence-electron chi connectivity index (χ0n) is 20.0. The molecule has 0 unspecified atom stereocenters. The topological polar surface area (TPSA) is 76.4 Å². The molecule has 2 atom stereocenters. The molecule has 0 saturated heterocycles. The fraction of sp³-hybridized carbons (Fsp3) is 0.172. The maximum atomic E-state index is 13.6. The third kappa shape index (κ3) is 4.52. The monoisotopic (exact) mass is 549 g/mol. The second-order valence-electron chi connectivity index (χ2n) is 9.32. The Bertz CT molecular complexity index is 1580.